The Morgan fingerprint density at radius 2 is 0.925 bits per heavy atom. The van der Waals surface area contributed by atoms with Crippen LogP contribution in [0.1, 0.15) is 194 Å². The molecule has 0 rings (SSSR count). The van der Waals surface area contributed by atoms with Crippen LogP contribution in [0.5, 0.6) is 0 Å². The SMILES string of the molecule is CCCCCCCCCC/C=C/CCCCCC(=O)O[C@H](COC(=O)CCCC/C=C/CCCCCCCCCCC)COP(=O)(O)OC[C@@H](O)CO. The second-order valence-corrected chi connectivity index (χ2v) is 15.8. The number of hydrogen-bond donors (Lipinski definition) is 3. The smallest absolute Gasteiger partial charge is 0.462 e. The first kappa shape index (κ1) is 51.5. The van der Waals surface area contributed by atoms with Crippen LogP contribution in [0.4, 0.5) is 0 Å². The van der Waals surface area contributed by atoms with Gasteiger partial charge in [-0.3, -0.25) is 18.6 Å². The number of rotatable bonds is 40. The fourth-order valence-electron chi connectivity index (χ4n) is 5.75. The van der Waals surface area contributed by atoms with Gasteiger partial charge in [0.05, 0.1) is 19.8 Å². The normalized spacial score (nSPS) is 14.1. The molecule has 0 aliphatic rings. The molecule has 0 radical (unpaired) electrons. The Labute approximate surface area is 323 Å². The molecule has 3 atom stereocenters. The highest BCUT2D eigenvalue weighted by Crippen LogP contribution is 2.43. The first-order chi connectivity index (χ1) is 25.7. The van der Waals surface area contributed by atoms with Crippen LogP contribution in [0.15, 0.2) is 24.3 Å². The van der Waals surface area contributed by atoms with Crippen LogP contribution in [0.2, 0.25) is 0 Å². The molecule has 0 aromatic carbocycles. The number of carbonyl (C=O) groups is 2. The molecule has 0 heterocycles. The number of esters is 2. The summed E-state index contributed by atoms with van der Waals surface area (Å²) < 4.78 is 32.6. The van der Waals surface area contributed by atoms with Crippen molar-refractivity contribution in [3.8, 4) is 0 Å². The monoisotopic (exact) mass is 775 g/mol. The Kier molecular flexibility index (Phi) is 37.6. The Hall–Kier alpha value is -1.55. The standard InChI is InChI=1S/C42H79O10P/c1-3-5-7-9-11-13-15-17-19-21-23-25-27-29-31-33-41(45)49-37-40(38-51-53(47,48)50-36-39(44)35-43)52-42(46)34-32-30-28-26-24-22-20-18-16-14-12-10-8-6-4-2/h22-25,39-40,43-44H,3-21,26-38H2,1-2H3,(H,47,48)/b24-22+,25-23+/t39-,40+/m0/s1. The molecule has 0 amide bonds. The molecule has 0 aromatic rings. The average Bonchev–Trinajstić information content (AvgIpc) is 3.14. The van der Waals surface area contributed by atoms with Gasteiger partial charge >= 0.3 is 19.8 Å². The lowest BCUT2D eigenvalue weighted by molar-refractivity contribution is -0.161. The van der Waals surface area contributed by atoms with E-state index in [2.05, 4.69) is 42.7 Å². The van der Waals surface area contributed by atoms with Gasteiger partial charge in [0.1, 0.15) is 12.7 Å². The van der Waals surface area contributed by atoms with Crippen LogP contribution in [-0.4, -0.2) is 65.7 Å². The molecular formula is C42H79O10P. The van der Waals surface area contributed by atoms with E-state index >= 15 is 0 Å². The molecule has 0 bridgehead atoms. The van der Waals surface area contributed by atoms with Gasteiger partial charge < -0.3 is 24.6 Å². The van der Waals surface area contributed by atoms with E-state index in [1.165, 1.54) is 109 Å². The zero-order valence-corrected chi connectivity index (χ0v) is 34.6. The molecule has 0 aliphatic carbocycles. The molecular weight excluding hydrogens is 695 g/mol. The van der Waals surface area contributed by atoms with Crippen LogP contribution in [0.3, 0.4) is 0 Å². The maximum absolute atomic E-state index is 12.6. The molecule has 0 saturated carbocycles. The van der Waals surface area contributed by atoms with Gasteiger partial charge in [0.2, 0.25) is 0 Å². The first-order valence-electron chi connectivity index (χ1n) is 21.3. The Bertz CT molecular complexity index is 941. The summed E-state index contributed by atoms with van der Waals surface area (Å²) in [5.41, 5.74) is 0. The predicted molar refractivity (Wildman–Crippen MR) is 215 cm³/mol. The van der Waals surface area contributed by atoms with Gasteiger partial charge in [-0.2, -0.15) is 0 Å². The maximum Gasteiger partial charge on any atom is 0.472 e. The number of aliphatic hydroxyl groups excluding tert-OH is 2. The molecule has 0 spiro atoms. The fraction of sp³-hybridized carbons (Fsp3) is 0.857. The van der Waals surface area contributed by atoms with E-state index in [4.69, 9.17) is 19.1 Å². The van der Waals surface area contributed by atoms with Gasteiger partial charge in [0, 0.05) is 12.8 Å². The molecule has 312 valence electrons. The van der Waals surface area contributed by atoms with Crippen molar-refractivity contribution in [3.05, 3.63) is 24.3 Å². The quantitative estimate of drug-likeness (QED) is 0.0238. The summed E-state index contributed by atoms with van der Waals surface area (Å²) >= 11 is 0. The fourth-order valence-corrected chi connectivity index (χ4v) is 6.54. The van der Waals surface area contributed by atoms with Crippen molar-refractivity contribution in [1.29, 1.82) is 0 Å². The summed E-state index contributed by atoms with van der Waals surface area (Å²) in [6.07, 6.45) is 37.2. The van der Waals surface area contributed by atoms with Crippen LogP contribution in [-0.2, 0) is 32.7 Å². The number of carbonyl (C=O) groups excluding carboxylic acids is 2. The van der Waals surface area contributed by atoms with Crippen molar-refractivity contribution in [2.75, 3.05) is 26.4 Å². The van der Waals surface area contributed by atoms with Crippen molar-refractivity contribution < 1.29 is 47.8 Å². The highest BCUT2D eigenvalue weighted by molar-refractivity contribution is 7.47. The van der Waals surface area contributed by atoms with Gasteiger partial charge in [-0.05, 0) is 64.2 Å². The third kappa shape index (κ3) is 38.5. The molecule has 10 nitrogen and oxygen atoms in total. The molecule has 11 heteroatoms. The lowest BCUT2D eigenvalue weighted by atomic mass is 10.1. The first-order valence-corrected chi connectivity index (χ1v) is 22.8. The molecule has 3 N–H and O–H groups in total. The Balaban J connectivity index is 4.35. The van der Waals surface area contributed by atoms with Gasteiger partial charge in [-0.15, -0.1) is 0 Å². The molecule has 0 saturated heterocycles. The van der Waals surface area contributed by atoms with Gasteiger partial charge in [-0.1, -0.05) is 141 Å². The van der Waals surface area contributed by atoms with Crippen molar-refractivity contribution in [3.63, 3.8) is 0 Å². The zero-order chi connectivity index (χ0) is 39.1. The van der Waals surface area contributed by atoms with Crippen molar-refractivity contribution in [1.82, 2.24) is 0 Å². The number of ether oxygens (including phenoxy) is 2. The number of aliphatic hydroxyl groups is 2. The predicted octanol–water partition coefficient (Wildman–Crippen LogP) is 11.0. The summed E-state index contributed by atoms with van der Waals surface area (Å²) in [6, 6.07) is 0. The topological polar surface area (TPSA) is 149 Å². The largest absolute Gasteiger partial charge is 0.472 e. The minimum absolute atomic E-state index is 0.162. The second kappa shape index (κ2) is 38.7. The number of unbranched alkanes of at least 4 members (excludes halogenated alkanes) is 22. The molecule has 0 fully saturated rings. The van der Waals surface area contributed by atoms with E-state index < -0.39 is 51.8 Å². The maximum atomic E-state index is 12.6. The molecule has 53 heavy (non-hydrogen) atoms. The summed E-state index contributed by atoms with van der Waals surface area (Å²) in [5, 5.41) is 18.3. The second-order valence-electron chi connectivity index (χ2n) is 14.4. The van der Waals surface area contributed by atoms with Crippen LogP contribution in [0, 0.1) is 0 Å². The Morgan fingerprint density at radius 1 is 0.547 bits per heavy atom. The highest BCUT2D eigenvalue weighted by Gasteiger charge is 2.27. The Morgan fingerprint density at radius 3 is 1.40 bits per heavy atom. The van der Waals surface area contributed by atoms with Crippen LogP contribution in [0.25, 0.3) is 0 Å². The average molecular weight is 775 g/mol. The lowest BCUT2D eigenvalue weighted by Gasteiger charge is -2.20. The van der Waals surface area contributed by atoms with Gasteiger partial charge in [0.15, 0.2) is 6.10 Å². The highest BCUT2D eigenvalue weighted by atomic mass is 31.2. The summed E-state index contributed by atoms with van der Waals surface area (Å²) in [4.78, 5) is 34.9. The van der Waals surface area contributed by atoms with E-state index in [0.29, 0.717) is 12.8 Å². The molecule has 0 aromatic heterocycles. The third-order valence-corrected chi connectivity index (χ3v) is 10.0. The minimum Gasteiger partial charge on any atom is -0.462 e. The molecule has 0 aliphatic heterocycles. The van der Waals surface area contributed by atoms with Crippen molar-refractivity contribution in [2.45, 2.75) is 206 Å². The zero-order valence-electron chi connectivity index (χ0n) is 33.7. The molecule has 1 unspecified atom stereocenters. The summed E-state index contributed by atoms with van der Waals surface area (Å²) in [6.45, 7) is 2.34. The van der Waals surface area contributed by atoms with E-state index in [9.17, 15) is 24.2 Å². The minimum atomic E-state index is -4.62. The number of phosphoric acid groups is 1. The van der Waals surface area contributed by atoms with E-state index in [-0.39, 0.29) is 19.4 Å². The van der Waals surface area contributed by atoms with Gasteiger partial charge in [-0.25, -0.2) is 4.57 Å². The van der Waals surface area contributed by atoms with E-state index in [1.807, 2.05) is 0 Å². The third-order valence-electron chi connectivity index (χ3n) is 9.08. The summed E-state index contributed by atoms with van der Waals surface area (Å²) in [5.74, 6) is -0.965. The number of hydrogen-bond acceptors (Lipinski definition) is 9. The van der Waals surface area contributed by atoms with Crippen molar-refractivity contribution >= 4 is 19.8 Å². The lowest BCUT2D eigenvalue weighted by Crippen LogP contribution is -2.29. The van der Waals surface area contributed by atoms with E-state index in [0.717, 1.165) is 44.9 Å². The number of allylic oxidation sites excluding steroid dienone is 4. The van der Waals surface area contributed by atoms with Crippen LogP contribution >= 0.6 is 7.82 Å². The van der Waals surface area contributed by atoms with Gasteiger partial charge in [0.25, 0.3) is 0 Å². The van der Waals surface area contributed by atoms with E-state index in [1.54, 1.807) is 0 Å². The van der Waals surface area contributed by atoms with Crippen LogP contribution < -0.4 is 0 Å². The number of phosphoric ester groups is 1. The summed E-state index contributed by atoms with van der Waals surface area (Å²) in [7, 11) is -4.62. The van der Waals surface area contributed by atoms with Crippen molar-refractivity contribution in [2.24, 2.45) is 0 Å².